The molecule has 0 aliphatic carbocycles. The fourth-order valence-electron chi connectivity index (χ4n) is 0.631. The Morgan fingerprint density at radius 2 is 2.40 bits per heavy atom. The first-order valence-electron chi connectivity index (χ1n) is 3.27. The first-order chi connectivity index (χ1) is 4.74. The van der Waals surface area contributed by atoms with Crippen molar-refractivity contribution in [2.45, 2.75) is 19.9 Å². The summed E-state index contributed by atoms with van der Waals surface area (Å²) in [5.41, 5.74) is 0. The number of rotatable bonds is 2. The van der Waals surface area contributed by atoms with Crippen LogP contribution in [0.5, 0.6) is 0 Å². The highest BCUT2D eigenvalue weighted by molar-refractivity contribution is 5.34. The van der Waals surface area contributed by atoms with E-state index in [0.717, 1.165) is 0 Å². The van der Waals surface area contributed by atoms with Crippen LogP contribution < -0.4 is 0 Å². The van der Waals surface area contributed by atoms with Gasteiger partial charge in [-0.25, -0.2) is 9.67 Å². The first kappa shape index (κ1) is 6.99. The monoisotopic (exact) mass is 137 g/mol. The molecule has 0 aliphatic rings. The highest BCUT2D eigenvalue weighted by Gasteiger charge is 1.98. The van der Waals surface area contributed by atoms with Crippen LogP contribution in [0.2, 0.25) is 0 Å². The Morgan fingerprint density at radius 3 is 2.70 bits per heavy atom. The van der Waals surface area contributed by atoms with Gasteiger partial charge in [0.1, 0.15) is 6.33 Å². The average Bonchev–Trinajstić information content (AvgIpc) is 2.34. The molecule has 1 aromatic rings. The molecule has 54 valence electrons. The lowest BCUT2D eigenvalue weighted by Crippen LogP contribution is -2.00. The molecular formula is C7H11N3. The van der Waals surface area contributed by atoms with Crippen LogP contribution in [0.3, 0.4) is 0 Å². The fraction of sp³-hybridized carbons (Fsp3) is 0.429. The number of nitrogens with zero attached hydrogens (tertiary/aromatic N) is 3. The van der Waals surface area contributed by atoms with Gasteiger partial charge in [-0.2, -0.15) is 5.10 Å². The molecule has 0 aromatic carbocycles. The Morgan fingerprint density at radius 1 is 1.70 bits per heavy atom. The number of hydrogen-bond acceptors (Lipinski definition) is 2. The molecule has 0 spiro atoms. The summed E-state index contributed by atoms with van der Waals surface area (Å²) in [4.78, 5) is 3.99. The van der Waals surface area contributed by atoms with Gasteiger partial charge in [0, 0.05) is 6.04 Å². The minimum absolute atomic E-state index is 0.376. The summed E-state index contributed by atoms with van der Waals surface area (Å²) in [6.45, 7) is 7.68. The molecule has 0 aliphatic heterocycles. The van der Waals surface area contributed by atoms with Crippen molar-refractivity contribution in [1.29, 1.82) is 0 Å². The van der Waals surface area contributed by atoms with E-state index in [1.165, 1.54) is 0 Å². The van der Waals surface area contributed by atoms with Crippen molar-refractivity contribution in [2.75, 3.05) is 0 Å². The van der Waals surface area contributed by atoms with Crippen LogP contribution in [-0.2, 0) is 0 Å². The molecule has 0 unspecified atom stereocenters. The SMILES string of the molecule is C=Cc1ncn(C(C)C)n1. The summed E-state index contributed by atoms with van der Waals surface area (Å²) in [7, 11) is 0. The lowest BCUT2D eigenvalue weighted by molar-refractivity contribution is 0.530. The van der Waals surface area contributed by atoms with Gasteiger partial charge in [-0.3, -0.25) is 0 Å². The second kappa shape index (κ2) is 2.64. The summed E-state index contributed by atoms with van der Waals surface area (Å²) >= 11 is 0. The molecule has 3 heteroatoms. The molecule has 3 nitrogen and oxygen atoms in total. The molecule has 0 bridgehead atoms. The average molecular weight is 137 g/mol. The van der Waals surface area contributed by atoms with Gasteiger partial charge >= 0.3 is 0 Å². The van der Waals surface area contributed by atoms with Gasteiger partial charge in [-0.05, 0) is 19.9 Å². The lowest BCUT2D eigenvalue weighted by Gasteiger charge is -2.00. The van der Waals surface area contributed by atoms with Crippen molar-refractivity contribution in [2.24, 2.45) is 0 Å². The molecule has 1 rings (SSSR count). The minimum Gasteiger partial charge on any atom is -0.250 e. The predicted molar refractivity (Wildman–Crippen MR) is 40.5 cm³/mol. The van der Waals surface area contributed by atoms with Gasteiger partial charge in [-0.15, -0.1) is 0 Å². The third-order valence-corrected chi connectivity index (χ3v) is 1.24. The van der Waals surface area contributed by atoms with Crippen LogP contribution >= 0.6 is 0 Å². The summed E-state index contributed by atoms with van der Waals surface area (Å²) in [6, 6.07) is 0.376. The van der Waals surface area contributed by atoms with Gasteiger partial charge in [-0.1, -0.05) is 6.58 Å². The quantitative estimate of drug-likeness (QED) is 0.618. The number of aromatic nitrogens is 3. The molecule has 0 radical (unpaired) electrons. The van der Waals surface area contributed by atoms with Gasteiger partial charge in [0.2, 0.25) is 0 Å². The van der Waals surface area contributed by atoms with Crippen molar-refractivity contribution in [3.8, 4) is 0 Å². The Labute approximate surface area is 60.4 Å². The molecule has 0 atom stereocenters. The lowest BCUT2D eigenvalue weighted by atomic mass is 10.4. The maximum Gasteiger partial charge on any atom is 0.173 e. The van der Waals surface area contributed by atoms with E-state index in [9.17, 15) is 0 Å². The van der Waals surface area contributed by atoms with Crippen molar-refractivity contribution in [3.63, 3.8) is 0 Å². The van der Waals surface area contributed by atoms with Gasteiger partial charge < -0.3 is 0 Å². The van der Waals surface area contributed by atoms with Crippen LogP contribution in [0.1, 0.15) is 25.7 Å². The fourth-order valence-corrected chi connectivity index (χ4v) is 0.631. The Kier molecular flexibility index (Phi) is 1.85. The molecule has 1 aromatic heterocycles. The molecule has 0 saturated heterocycles. The van der Waals surface area contributed by atoms with Crippen molar-refractivity contribution >= 4 is 6.08 Å². The van der Waals surface area contributed by atoms with Crippen LogP contribution in [0, 0.1) is 0 Å². The standard InChI is InChI=1S/C7H11N3/c1-4-7-8-5-10(9-7)6(2)3/h4-6H,1H2,2-3H3. The first-order valence-corrected chi connectivity index (χ1v) is 3.27. The molecular weight excluding hydrogens is 126 g/mol. The second-order valence-corrected chi connectivity index (χ2v) is 2.38. The van der Waals surface area contributed by atoms with E-state index >= 15 is 0 Å². The minimum atomic E-state index is 0.376. The van der Waals surface area contributed by atoms with Gasteiger partial charge in [0.15, 0.2) is 5.82 Å². The number of hydrogen-bond donors (Lipinski definition) is 0. The van der Waals surface area contributed by atoms with Crippen LogP contribution in [0.15, 0.2) is 12.9 Å². The zero-order valence-electron chi connectivity index (χ0n) is 6.28. The van der Waals surface area contributed by atoms with E-state index in [4.69, 9.17) is 0 Å². The Hall–Kier alpha value is -1.12. The maximum atomic E-state index is 4.12. The van der Waals surface area contributed by atoms with E-state index in [-0.39, 0.29) is 0 Å². The van der Waals surface area contributed by atoms with Crippen LogP contribution in [0.25, 0.3) is 6.08 Å². The zero-order valence-corrected chi connectivity index (χ0v) is 6.28. The van der Waals surface area contributed by atoms with Crippen molar-refractivity contribution in [3.05, 3.63) is 18.7 Å². The molecule has 10 heavy (non-hydrogen) atoms. The van der Waals surface area contributed by atoms with E-state index in [1.807, 2.05) is 0 Å². The summed E-state index contributed by atoms with van der Waals surface area (Å²) in [5.74, 6) is 0.689. The molecule has 0 fully saturated rings. The van der Waals surface area contributed by atoms with Crippen molar-refractivity contribution < 1.29 is 0 Å². The van der Waals surface area contributed by atoms with E-state index in [2.05, 4.69) is 30.5 Å². The molecule has 0 saturated carbocycles. The summed E-state index contributed by atoms with van der Waals surface area (Å²) < 4.78 is 1.80. The third-order valence-electron chi connectivity index (χ3n) is 1.24. The second-order valence-electron chi connectivity index (χ2n) is 2.38. The Bertz CT molecular complexity index is 225. The predicted octanol–water partition coefficient (Wildman–Crippen LogP) is 1.50. The topological polar surface area (TPSA) is 30.7 Å². The molecule has 1 heterocycles. The molecule has 0 N–H and O–H groups in total. The largest absolute Gasteiger partial charge is 0.250 e. The maximum absolute atomic E-state index is 4.12. The smallest absolute Gasteiger partial charge is 0.173 e. The molecule has 0 amide bonds. The zero-order chi connectivity index (χ0) is 7.56. The highest BCUT2D eigenvalue weighted by atomic mass is 15.3. The van der Waals surface area contributed by atoms with Crippen LogP contribution in [0.4, 0.5) is 0 Å². The van der Waals surface area contributed by atoms with Crippen LogP contribution in [-0.4, -0.2) is 14.8 Å². The van der Waals surface area contributed by atoms with Crippen molar-refractivity contribution in [1.82, 2.24) is 14.8 Å². The summed E-state index contributed by atoms with van der Waals surface area (Å²) in [5, 5.41) is 4.12. The van der Waals surface area contributed by atoms with Gasteiger partial charge in [0.25, 0.3) is 0 Å². The normalized spacial score (nSPS) is 10.3. The Balaban J connectivity index is 2.88. The van der Waals surface area contributed by atoms with E-state index in [1.54, 1.807) is 17.1 Å². The highest BCUT2D eigenvalue weighted by Crippen LogP contribution is 2.00. The van der Waals surface area contributed by atoms with E-state index < -0.39 is 0 Å². The summed E-state index contributed by atoms with van der Waals surface area (Å²) in [6.07, 6.45) is 3.35. The third kappa shape index (κ3) is 1.23. The van der Waals surface area contributed by atoms with E-state index in [0.29, 0.717) is 11.9 Å². The van der Waals surface area contributed by atoms with Gasteiger partial charge in [0.05, 0.1) is 0 Å².